The van der Waals surface area contributed by atoms with Crippen LogP contribution in [0.1, 0.15) is 32.1 Å². The molecular formula is C14H21BrN4O. The number of aromatic nitrogens is 2. The Hall–Kier alpha value is -0.880. The van der Waals surface area contributed by atoms with Gasteiger partial charge < -0.3 is 10.2 Å². The highest BCUT2D eigenvalue weighted by Gasteiger charge is 2.40. The van der Waals surface area contributed by atoms with Gasteiger partial charge in [0, 0.05) is 26.7 Å². The van der Waals surface area contributed by atoms with Gasteiger partial charge in [0.15, 0.2) is 0 Å². The molecule has 1 aliphatic heterocycles. The van der Waals surface area contributed by atoms with Crippen LogP contribution < -0.4 is 15.8 Å². The monoisotopic (exact) mass is 340 g/mol. The summed E-state index contributed by atoms with van der Waals surface area (Å²) in [4.78, 5) is 14.5. The van der Waals surface area contributed by atoms with Gasteiger partial charge in [0.2, 0.25) is 0 Å². The fourth-order valence-electron chi connectivity index (χ4n) is 3.57. The molecule has 20 heavy (non-hydrogen) atoms. The second-order valence-electron chi connectivity index (χ2n) is 5.89. The van der Waals surface area contributed by atoms with E-state index in [0.717, 1.165) is 25.3 Å². The average Bonchev–Trinajstić information content (AvgIpc) is 2.47. The molecule has 0 atom stereocenters. The molecule has 2 heterocycles. The van der Waals surface area contributed by atoms with Crippen LogP contribution in [0.4, 0.5) is 5.69 Å². The number of rotatable bonds is 1. The highest BCUT2D eigenvalue weighted by Crippen LogP contribution is 2.39. The third kappa shape index (κ3) is 2.29. The topological polar surface area (TPSA) is 50.2 Å². The van der Waals surface area contributed by atoms with Gasteiger partial charge in [-0.15, -0.1) is 0 Å². The number of hydrogen-bond acceptors (Lipinski definition) is 4. The number of halogens is 1. The molecule has 110 valence electrons. The van der Waals surface area contributed by atoms with Crippen molar-refractivity contribution < 1.29 is 0 Å². The summed E-state index contributed by atoms with van der Waals surface area (Å²) in [5, 5.41) is 7.73. The van der Waals surface area contributed by atoms with Gasteiger partial charge in [0.25, 0.3) is 5.56 Å². The minimum absolute atomic E-state index is 0.0630. The molecule has 1 aromatic heterocycles. The van der Waals surface area contributed by atoms with Crippen LogP contribution in [-0.2, 0) is 7.05 Å². The van der Waals surface area contributed by atoms with E-state index in [4.69, 9.17) is 0 Å². The van der Waals surface area contributed by atoms with E-state index in [1.54, 1.807) is 7.05 Å². The van der Waals surface area contributed by atoms with Crippen LogP contribution >= 0.6 is 15.9 Å². The quantitative estimate of drug-likeness (QED) is 0.844. The van der Waals surface area contributed by atoms with Crippen LogP contribution in [0.3, 0.4) is 0 Å². The maximum atomic E-state index is 12.1. The number of piperazine rings is 1. The Balaban J connectivity index is 2.02. The molecule has 0 radical (unpaired) electrons. The molecule has 6 heteroatoms. The smallest absolute Gasteiger partial charge is 0.282 e. The number of hydrogen-bond donors (Lipinski definition) is 1. The molecule has 0 amide bonds. The van der Waals surface area contributed by atoms with Gasteiger partial charge in [-0.25, -0.2) is 4.68 Å². The van der Waals surface area contributed by atoms with E-state index in [1.807, 2.05) is 6.20 Å². The molecule has 0 bridgehead atoms. The van der Waals surface area contributed by atoms with Gasteiger partial charge in [-0.3, -0.25) is 4.79 Å². The van der Waals surface area contributed by atoms with Crippen molar-refractivity contribution in [3.8, 4) is 0 Å². The fraction of sp³-hybridized carbons (Fsp3) is 0.714. The van der Waals surface area contributed by atoms with Gasteiger partial charge in [0.05, 0.1) is 17.4 Å². The Kier molecular flexibility index (Phi) is 3.86. The molecule has 2 fully saturated rings. The maximum absolute atomic E-state index is 12.1. The first kappa shape index (κ1) is 14.1. The van der Waals surface area contributed by atoms with Crippen molar-refractivity contribution in [1.29, 1.82) is 0 Å². The lowest BCUT2D eigenvalue weighted by Crippen LogP contribution is -2.62. The predicted molar refractivity (Wildman–Crippen MR) is 83.2 cm³/mol. The Morgan fingerprint density at radius 2 is 2.10 bits per heavy atom. The fourth-order valence-corrected chi connectivity index (χ4v) is 4.14. The number of aryl methyl sites for hydroxylation is 1. The second kappa shape index (κ2) is 5.48. The summed E-state index contributed by atoms with van der Waals surface area (Å²) in [6, 6.07) is 0. The lowest BCUT2D eigenvalue weighted by molar-refractivity contribution is 0.240. The molecule has 1 N–H and O–H groups in total. The zero-order chi connectivity index (χ0) is 14.2. The maximum Gasteiger partial charge on any atom is 0.282 e. The summed E-state index contributed by atoms with van der Waals surface area (Å²) in [6.45, 7) is 2.91. The van der Waals surface area contributed by atoms with Crippen LogP contribution in [0.2, 0.25) is 0 Å². The van der Waals surface area contributed by atoms with Crippen molar-refractivity contribution in [3.63, 3.8) is 0 Å². The molecule has 1 spiro atoms. The van der Waals surface area contributed by atoms with Gasteiger partial charge in [-0.05, 0) is 28.8 Å². The van der Waals surface area contributed by atoms with E-state index in [0.29, 0.717) is 4.47 Å². The SMILES string of the molecule is Cn1ncc(N2CCNCC23CCCCC3)c(Br)c1=O. The van der Waals surface area contributed by atoms with Crippen LogP contribution in [0, 0.1) is 0 Å². The zero-order valence-electron chi connectivity index (χ0n) is 11.9. The summed E-state index contributed by atoms with van der Waals surface area (Å²) in [5.41, 5.74) is 1.05. The Morgan fingerprint density at radius 3 is 2.85 bits per heavy atom. The molecule has 1 saturated carbocycles. The second-order valence-corrected chi connectivity index (χ2v) is 6.68. The molecule has 5 nitrogen and oxygen atoms in total. The van der Waals surface area contributed by atoms with Crippen molar-refractivity contribution in [2.45, 2.75) is 37.6 Å². The highest BCUT2D eigenvalue weighted by molar-refractivity contribution is 9.10. The third-order valence-electron chi connectivity index (χ3n) is 4.67. The first-order valence-electron chi connectivity index (χ1n) is 7.34. The lowest BCUT2D eigenvalue weighted by atomic mass is 9.79. The molecule has 1 saturated heterocycles. The average molecular weight is 341 g/mol. The van der Waals surface area contributed by atoms with Crippen molar-refractivity contribution in [1.82, 2.24) is 15.1 Å². The molecule has 0 unspecified atom stereocenters. The minimum atomic E-state index is -0.0630. The van der Waals surface area contributed by atoms with Crippen molar-refractivity contribution in [2.75, 3.05) is 24.5 Å². The summed E-state index contributed by atoms with van der Waals surface area (Å²) in [5.74, 6) is 0. The van der Waals surface area contributed by atoms with Crippen molar-refractivity contribution in [3.05, 3.63) is 21.0 Å². The summed E-state index contributed by atoms with van der Waals surface area (Å²) < 4.78 is 2.02. The Bertz CT molecular complexity index is 542. The molecule has 3 rings (SSSR count). The highest BCUT2D eigenvalue weighted by atomic mass is 79.9. The van der Waals surface area contributed by atoms with Gasteiger partial charge in [-0.2, -0.15) is 5.10 Å². The normalized spacial score (nSPS) is 22.2. The summed E-state index contributed by atoms with van der Waals surface area (Å²) >= 11 is 3.48. The standard InChI is InChI=1S/C14H21BrN4O/c1-18-13(20)12(15)11(9-17-18)19-8-7-16-10-14(19)5-3-2-4-6-14/h9,16H,2-8,10H2,1H3. The first-order valence-corrected chi connectivity index (χ1v) is 8.14. The van der Waals surface area contributed by atoms with Gasteiger partial charge >= 0.3 is 0 Å². The first-order chi connectivity index (χ1) is 9.64. The van der Waals surface area contributed by atoms with Crippen LogP contribution in [0.15, 0.2) is 15.5 Å². The number of anilines is 1. The zero-order valence-corrected chi connectivity index (χ0v) is 13.4. The molecular weight excluding hydrogens is 320 g/mol. The van der Waals surface area contributed by atoms with E-state index >= 15 is 0 Å². The summed E-state index contributed by atoms with van der Waals surface area (Å²) in [6.07, 6.45) is 8.09. The van der Waals surface area contributed by atoms with E-state index in [-0.39, 0.29) is 11.1 Å². The summed E-state index contributed by atoms with van der Waals surface area (Å²) in [7, 11) is 1.69. The molecule has 0 aromatic carbocycles. The van der Waals surface area contributed by atoms with Gasteiger partial charge in [-0.1, -0.05) is 19.3 Å². The molecule has 2 aliphatic rings. The molecule has 1 aromatic rings. The third-order valence-corrected chi connectivity index (χ3v) is 5.42. The Morgan fingerprint density at radius 1 is 1.35 bits per heavy atom. The van der Waals surface area contributed by atoms with E-state index in [9.17, 15) is 4.79 Å². The minimum Gasteiger partial charge on any atom is -0.361 e. The lowest BCUT2D eigenvalue weighted by Gasteiger charge is -2.51. The van der Waals surface area contributed by atoms with Crippen molar-refractivity contribution >= 4 is 21.6 Å². The van der Waals surface area contributed by atoms with Crippen LogP contribution in [-0.4, -0.2) is 35.0 Å². The predicted octanol–water partition coefficient (Wildman–Crippen LogP) is 1.66. The van der Waals surface area contributed by atoms with Crippen LogP contribution in [0.25, 0.3) is 0 Å². The number of nitrogens with zero attached hydrogens (tertiary/aromatic N) is 3. The van der Waals surface area contributed by atoms with E-state index < -0.39 is 0 Å². The number of nitrogens with one attached hydrogen (secondary N) is 1. The van der Waals surface area contributed by atoms with Gasteiger partial charge in [0.1, 0.15) is 4.47 Å². The van der Waals surface area contributed by atoms with Crippen molar-refractivity contribution in [2.24, 2.45) is 7.05 Å². The largest absolute Gasteiger partial charge is 0.361 e. The molecule has 1 aliphatic carbocycles. The van der Waals surface area contributed by atoms with E-state index in [1.165, 1.54) is 36.8 Å². The van der Waals surface area contributed by atoms with Crippen LogP contribution in [0.5, 0.6) is 0 Å². The van der Waals surface area contributed by atoms with E-state index in [2.05, 4.69) is 31.2 Å². The Labute approximate surface area is 127 Å².